The number of carbonyl (C=O) groups is 1. The molecule has 5 rings (SSSR count). The smallest absolute Gasteiger partial charge is 0.298 e. The lowest BCUT2D eigenvalue weighted by Gasteiger charge is -2.37. The standard InChI is InChI=1S/C22H28N6O2/c1-15-4-5-28(14-15)21(29)19-11-17(13-24-19)26-6-8-27(9-7-26)22-25-18-10-16(12-23)2-3-20(18)30-22/h2-3,10,15,17,19,24H,4-9,11,13-14H2,1H3/t15?,17-,19-/m0/s1. The van der Waals surface area contributed by atoms with Gasteiger partial charge in [0.15, 0.2) is 5.58 Å². The minimum atomic E-state index is -0.0373. The summed E-state index contributed by atoms with van der Waals surface area (Å²) in [5.41, 5.74) is 2.03. The van der Waals surface area contributed by atoms with Crippen molar-refractivity contribution in [1.82, 2.24) is 20.1 Å². The van der Waals surface area contributed by atoms with Crippen molar-refractivity contribution in [2.45, 2.75) is 31.8 Å². The van der Waals surface area contributed by atoms with Gasteiger partial charge >= 0.3 is 0 Å². The molecule has 1 amide bonds. The van der Waals surface area contributed by atoms with Crippen LogP contribution in [0.5, 0.6) is 0 Å². The van der Waals surface area contributed by atoms with Crippen LogP contribution in [0.2, 0.25) is 0 Å². The summed E-state index contributed by atoms with van der Waals surface area (Å²) in [6, 6.07) is 8.46. The molecule has 3 atom stereocenters. The summed E-state index contributed by atoms with van der Waals surface area (Å²) in [6.45, 7) is 8.44. The van der Waals surface area contributed by atoms with Crippen molar-refractivity contribution >= 4 is 23.0 Å². The Morgan fingerprint density at radius 1 is 1.27 bits per heavy atom. The fourth-order valence-corrected chi connectivity index (χ4v) is 4.94. The first-order chi connectivity index (χ1) is 14.6. The molecule has 2 aromatic rings. The van der Waals surface area contributed by atoms with E-state index >= 15 is 0 Å². The lowest BCUT2D eigenvalue weighted by molar-refractivity contribution is -0.132. The first-order valence-electron chi connectivity index (χ1n) is 10.9. The molecule has 3 saturated heterocycles. The normalized spacial score (nSPS) is 27.7. The highest BCUT2D eigenvalue weighted by molar-refractivity contribution is 5.82. The second-order valence-corrected chi connectivity index (χ2v) is 8.84. The Morgan fingerprint density at radius 3 is 2.83 bits per heavy atom. The lowest BCUT2D eigenvalue weighted by Crippen LogP contribution is -2.51. The fraction of sp³-hybridized carbons (Fsp3) is 0.591. The molecule has 3 aliphatic heterocycles. The Hall–Kier alpha value is -2.63. The van der Waals surface area contributed by atoms with Crippen LogP contribution in [0, 0.1) is 17.2 Å². The first kappa shape index (κ1) is 19.3. The molecule has 1 N–H and O–H groups in total. The molecule has 1 aromatic carbocycles. The number of rotatable bonds is 3. The predicted octanol–water partition coefficient (Wildman–Crippen LogP) is 1.42. The fourth-order valence-electron chi connectivity index (χ4n) is 4.94. The number of hydrogen-bond acceptors (Lipinski definition) is 7. The Labute approximate surface area is 176 Å². The number of fused-ring (bicyclic) bond motifs is 1. The minimum Gasteiger partial charge on any atom is -0.423 e. The van der Waals surface area contributed by atoms with Gasteiger partial charge in [-0.05, 0) is 37.0 Å². The maximum Gasteiger partial charge on any atom is 0.298 e. The van der Waals surface area contributed by atoms with Crippen LogP contribution in [0.25, 0.3) is 11.1 Å². The molecule has 0 bridgehead atoms. The zero-order valence-electron chi connectivity index (χ0n) is 17.4. The number of nitrogens with zero attached hydrogens (tertiary/aromatic N) is 5. The number of likely N-dealkylation sites (tertiary alicyclic amines) is 1. The van der Waals surface area contributed by atoms with E-state index < -0.39 is 0 Å². The van der Waals surface area contributed by atoms with E-state index in [1.807, 2.05) is 11.0 Å². The van der Waals surface area contributed by atoms with E-state index in [2.05, 4.69) is 33.1 Å². The van der Waals surface area contributed by atoms with Crippen LogP contribution in [0.1, 0.15) is 25.3 Å². The topological polar surface area (TPSA) is 88.6 Å². The molecular weight excluding hydrogens is 380 g/mol. The lowest BCUT2D eigenvalue weighted by atomic mass is 10.1. The van der Waals surface area contributed by atoms with Crippen LogP contribution >= 0.6 is 0 Å². The number of anilines is 1. The van der Waals surface area contributed by atoms with Gasteiger partial charge in [-0.25, -0.2) is 0 Å². The van der Waals surface area contributed by atoms with Crippen LogP contribution in [0.3, 0.4) is 0 Å². The number of hydrogen-bond donors (Lipinski definition) is 1. The summed E-state index contributed by atoms with van der Waals surface area (Å²) in [5.74, 6) is 0.904. The number of piperazine rings is 1. The van der Waals surface area contributed by atoms with Crippen molar-refractivity contribution < 1.29 is 9.21 Å². The van der Waals surface area contributed by atoms with Crippen LogP contribution < -0.4 is 10.2 Å². The minimum absolute atomic E-state index is 0.0373. The number of nitriles is 1. The first-order valence-corrected chi connectivity index (χ1v) is 10.9. The van der Waals surface area contributed by atoms with Gasteiger partial charge < -0.3 is 19.5 Å². The molecule has 158 valence electrons. The Balaban J connectivity index is 1.17. The summed E-state index contributed by atoms with van der Waals surface area (Å²) in [6.07, 6.45) is 2.01. The van der Waals surface area contributed by atoms with E-state index in [0.717, 1.165) is 64.2 Å². The average Bonchev–Trinajstić information content (AvgIpc) is 3.52. The van der Waals surface area contributed by atoms with Gasteiger partial charge in [-0.2, -0.15) is 10.2 Å². The Morgan fingerprint density at radius 2 is 2.10 bits per heavy atom. The van der Waals surface area contributed by atoms with Gasteiger partial charge in [0, 0.05) is 51.9 Å². The number of oxazole rings is 1. The summed E-state index contributed by atoms with van der Waals surface area (Å²) in [5, 5.41) is 12.5. The van der Waals surface area contributed by atoms with E-state index in [4.69, 9.17) is 9.68 Å². The molecule has 0 radical (unpaired) electrons. The maximum absolute atomic E-state index is 12.8. The van der Waals surface area contributed by atoms with Gasteiger partial charge in [-0.15, -0.1) is 0 Å². The van der Waals surface area contributed by atoms with Gasteiger partial charge in [0.1, 0.15) is 5.52 Å². The van der Waals surface area contributed by atoms with Crippen molar-refractivity contribution in [1.29, 1.82) is 5.26 Å². The zero-order chi connectivity index (χ0) is 20.7. The molecule has 0 saturated carbocycles. The molecule has 1 aromatic heterocycles. The number of benzene rings is 1. The maximum atomic E-state index is 12.8. The van der Waals surface area contributed by atoms with Crippen molar-refractivity contribution in [3.8, 4) is 6.07 Å². The van der Waals surface area contributed by atoms with Gasteiger partial charge in [-0.1, -0.05) is 6.92 Å². The van der Waals surface area contributed by atoms with Gasteiger partial charge in [0.05, 0.1) is 17.7 Å². The SMILES string of the molecule is CC1CCN(C(=O)[C@@H]2C[C@H](N3CCN(c4nc5cc(C#N)ccc5o4)CC3)CN2)C1. The van der Waals surface area contributed by atoms with E-state index in [0.29, 0.717) is 29.1 Å². The van der Waals surface area contributed by atoms with Crippen molar-refractivity contribution in [2.75, 3.05) is 50.7 Å². The third kappa shape index (κ3) is 3.64. The van der Waals surface area contributed by atoms with Crippen LogP contribution in [0.15, 0.2) is 22.6 Å². The zero-order valence-corrected chi connectivity index (χ0v) is 17.4. The van der Waals surface area contributed by atoms with Crippen LogP contribution in [0.4, 0.5) is 6.01 Å². The molecule has 3 aliphatic rings. The second kappa shape index (κ2) is 7.89. The highest BCUT2D eigenvalue weighted by Crippen LogP contribution is 2.25. The largest absolute Gasteiger partial charge is 0.423 e. The van der Waals surface area contributed by atoms with Crippen molar-refractivity contribution in [2.24, 2.45) is 5.92 Å². The molecule has 0 aliphatic carbocycles. The number of nitrogens with one attached hydrogen (secondary N) is 1. The quantitative estimate of drug-likeness (QED) is 0.822. The van der Waals surface area contributed by atoms with E-state index in [1.54, 1.807) is 12.1 Å². The van der Waals surface area contributed by atoms with Gasteiger partial charge in [-0.3, -0.25) is 9.69 Å². The highest BCUT2D eigenvalue weighted by Gasteiger charge is 2.37. The molecule has 4 heterocycles. The summed E-state index contributed by atoms with van der Waals surface area (Å²) < 4.78 is 5.91. The average molecular weight is 409 g/mol. The van der Waals surface area contributed by atoms with E-state index in [9.17, 15) is 4.79 Å². The second-order valence-electron chi connectivity index (χ2n) is 8.84. The summed E-state index contributed by atoms with van der Waals surface area (Å²) >= 11 is 0. The molecule has 30 heavy (non-hydrogen) atoms. The molecule has 8 heteroatoms. The van der Waals surface area contributed by atoms with Gasteiger partial charge in [0.25, 0.3) is 6.01 Å². The Kier molecular flexibility index (Phi) is 5.09. The third-order valence-corrected chi connectivity index (χ3v) is 6.75. The van der Waals surface area contributed by atoms with Gasteiger partial charge in [0.2, 0.25) is 5.91 Å². The van der Waals surface area contributed by atoms with E-state index in [-0.39, 0.29) is 11.9 Å². The Bertz CT molecular complexity index is 974. The van der Waals surface area contributed by atoms with Crippen molar-refractivity contribution in [3.05, 3.63) is 23.8 Å². The number of aromatic nitrogens is 1. The summed E-state index contributed by atoms with van der Waals surface area (Å²) in [4.78, 5) is 24.1. The highest BCUT2D eigenvalue weighted by atomic mass is 16.4. The molecule has 0 spiro atoms. The van der Waals surface area contributed by atoms with Crippen molar-refractivity contribution in [3.63, 3.8) is 0 Å². The predicted molar refractivity (Wildman–Crippen MR) is 113 cm³/mol. The number of carbonyl (C=O) groups excluding carboxylic acids is 1. The molecule has 1 unspecified atom stereocenters. The third-order valence-electron chi connectivity index (χ3n) is 6.75. The molecule has 3 fully saturated rings. The van der Waals surface area contributed by atoms with Crippen LogP contribution in [-0.2, 0) is 4.79 Å². The van der Waals surface area contributed by atoms with Crippen LogP contribution in [-0.4, -0.2) is 78.6 Å². The molecular formula is C22H28N6O2. The number of amides is 1. The molecule has 8 nitrogen and oxygen atoms in total. The van der Waals surface area contributed by atoms with E-state index in [1.165, 1.54) is 0 Å². The summed E-state index contributed by atoms with van der Waals surface area (Å²) in [7, 11) is 0. The monoisotopic (exact) mass is 408 g/mol.